The SMILES string of the molecule is C[NH+](CC(=O)Nc1ccccc1Cl)CC(=O)N[C@H]1CS(=O)(=O)C[C@@H]1Cl. The number of para-hydroxylation sites is 1. The minimum absolute atomic E-state index is 0.0239. The maximum Gasteiger partial charge on any atom is 0.279 e. The molecule has 1 aliphatic heterocycles. The first-order chi connectivity index (χ1) is 11.7. The van der Waals surface area contributed by atoms with Crippen molar-refractivity contribution in [2.24, 2.45) is 0 Å². The first kappa shape index (κ1) is 20.0. The minimum atomic E-state index is -3.21. The average Bonchev–Trinajstić information content (AvgIpc) is 2.73. The molecule has 0 saturated carbocycles. The second-order valence-electron chi connectivity index (χ2n) is 6.11. The van der Waals surface area contributed by atoms with Gasteiger partial charge < -0.3 is 15.5 Å². The molecular weight excluding hydrogens is 389 g/mol. The van der Waals surface area contributed by atoms with Crippen molar-refractivity contribution in [2.45, 2.75) is 11.4 Å². The van der Waals surface area contributed by atoms with Gasteiger partial charge in [-0.2, -0.15) is 0 Å². The first-order valence-electron chi connectivity index (χ1n) is 7.66. The molecule has 25 heavy (non-hydrogen) atoms. The van der Waals surface area contributed by atoms with Gasteiger partial charge in [0.15, 0.2) is 22.9 Å². The Balaban J connectivity index is 1.79. The van der Waals surface area contributed by atoms with E-state index in [0.717, 1.165) is 0 Å². The van der Waals surface area contributed by atoms with Gasteiger partial charge in [0.05, 0.1) is 40.7 Å². The third kappa shape index (κ3) is 6.14. The molecule has 2 amide bonds. The summed E-state index contributed by atoms with van der Waals surface area (Å²) in [4.78, 5) is 24.7. The van der Waals surface area contributed by atoms with Gasteiger partial charge >= 0.3 is 0 Å². The van der Waals surface area contributed by atoms with E-state index < -0.39 is 21.3 Å². The zero-order valence-electron chi connectivity index (χ0n) is 13.6. The molecule has 1 fully saturated rings. The number of hydrogen-bond donors (Lipinski definition) is 3. The van der Waals surface area contributed by atoms with Crippen LogP contribution in [0, 0.1) is 0 Å². The van der Waals surface area contributed by atoms with Crippen LogP contribution >= 0.6 is 23.2 Å². The summed E-state index contributed by atoms with van der Waals surface area (Å²) in [6.45, 7) is 0.0853. The van der Waals surface area contributed by atoms with E-state index in [1.165, 1.54) is 0 Å². The highest BCUT2D eigenvalue weighted by atomic mass is 35.5. The molecule has 7 nitrogen and oxygen atoms in total. The van der Waals surface area contributed by atoms with Crippen LogP contribution in [0.4, 0.5) is 5.69 Å². The summed E-state index contributed by atoms with van der Waals surface area (Å²) in [5.41, 5.74) is 0.507. The quantitative estimate of drug-likeness (QED) is 0.543. The minimum Gasteiger partial charge on any atom is -0.346 e. The Hall–Kier alpha value is -1.35. The molecule has 0 aromatic heterocycles. The molecule has 0 spiro atoms. The van der Waals surface area contributed by atoms with Crippen molar-refractivity contribution in [2.75, 3.05) is 37.0 Å². The number of quaternary nitrogens is 1. The highest BCUT2D eigenvalue weighted by Gasteiger charge is 2.37. The summed E-state index contributed by atoms with van der Waals surface area (Å²) in [5, 5.41) is 5.11. The molecule has 1 heterocycles. The number of carbonyl (C=O) groups is 2. The molecule has 0 aliphatic carbocycles. The predicted octanol–water partition coefficient (Wildman–Crippen LogP) is -0.686. The van der Waals surface area contributed by atoms with E-state index in [-0.39, 0.29) is 36.4 Å². The van der Waals surface area contributed by atoms with E-state index in [4.69, 9.17) is 23.2 Å². The van der Waals surface area contributed by atoms with Gasteiger partial charge in [0, 0.05) is 0 Å². The lowest BCUT2D eigenvalue weighted by molar-refractivity contribution is -0.862. The lowest BCUT2D eigenvalue weighted by atomic mass is 10.2. The van der Waals surface area contributed by atoms with Crippen LogP contribution in [0.3, 0.4) is 0 Å². The van der Waals surface area contributed by atoms with Crippen molar-refractivity contribution < 1.29 is 22.9 Å². The zero-order chi connectivity index (χ0) is 18.6. The molecule has 1 unspecified atom stereocenters. The van der Waals surface area contributed by atoms with Crippen LogP contribution in [0.2, 0.25) is 5.02 Å². The van der Waals surface area contributed by atoms with Gasteiger partial charge in [-0.15, -0.1) is 11.6 Å². The van der Waals surface area contributed by atoms with Crippen LogP contribution in [-0.4, -0.2) is 63.3 Å². The van der Waals surface area contributed by atoms with Gasteiger partial charge in [0.25, 0.3) is 11.8 Å². The summed E-state index contributed by atoms with van der Waals surface area (Å²) in [7, 11) is -1.52. The summed E-state index contributed by atoms with van der Waals surface area (Å²) < 4.78 is 23.0. The molecule has 10 heteroatoms. The van der Waals surface area contributed by atoms with Crippen LogP contribution in [-0.2, 0) is 19.4 Å². The fourth-order valence-electron chi connectivity index (χ4n) is 2.56. The van der Waals surface area contributed by atoms with E-state index in [9.17, 15) is 18.0 Å². The Morgan fingerprint density at radius 3 is 2.44 bits per heavy atom. The van der Waals surface area contributed by atoms with E-state index >= 15 is 0 Å². The Morgan fingerprint density at radius 2 is 1.84 bits per heavy atom. The Bertz CT molecular complexity index is 757. The number of likely N-dealkylation sites (N-methyl/N-ethyl adjacent to an activating group) is 1. The van der Waals surface area contributed by atoms with Crippen LogP contribution in [0.1, 0.15) is 0 Å². The van der Waals surface area contributed by atoms with Crippen molar-refractivity contribution in [1.29, 1.82) is 0 Å². The van der Waals surface area contributed by atoms with Gasteiger partial charge in [-0.3, -0.25) is 9.59 Å². The third-order valence-electron chi connectivity index (χ3n) is 3.70. The van der Waals surface area contributed by atoms with Crippen molar-refractivity contribution in [3.05, 3.63) is 29.3 Å². The number of halogens is 2. The summed E-state index contributed by atoms with van der Waals surface area (Å²) in [5.74, 6) is -0.922. The van der Waals surface area contributed by atoms with Crippen molar-refractivity contribution in [3.8, 4) is 0 Å². The molecule has 0 radical (unpaired) electrons. The molecule has 3 N–H and O–H groups in total. The smallest absolute Gasteiger partial charge is 0.279 e. The number of sulfone groups is 1. The third-order valence-corrected chi connectivity index (χ3v) is 6.41. The molecule has 1 aromatic carbocycles. The summed E-state index contributed by atoms with van der Waals surface area (Å²) in [6, 6.07) is 6.27. The molecule has 0 bridgehead atoms. The van der Waals surface area contributed by atoms with Crippen LogP contribution in [0.15, 0.2) is 24.3 Å². The largest absolute Gasteiger partial charge is 0.346 e. The van der Waals surface area contributed by atoms with Crippen molar-refractivity contribution >= 4 is 50.5 Å². The average molecular weight is 409 g/mol. The van der Waals surface area contributed by atoms with E-state index in [0.29, 0.717) is 15.6 Å². The molecule has 138 valence electrons. The zero-order valence-corrected chi connectivity index (χ0v) is 15.9. The van der Waals surface area contributed by atoms with Gasteiger partial charge in [0.2, 0.25) is 0 Å². The molecule has 1 aromatic rings. The second-order valence-corrected chi connectivity index (χ2v) is 9.23. The number of anilines is 1. The van der Waals surface area contributed by atoms with Crippen molar-refractivity contribution in [1.82, 2.24) is 5.32 Å². The highest BCUT2D eigenvalue weighted by molar-refractivity contribution is 7.91. The predicted molar refractivity (Wildman–Crippen MR) is 96.9 cm³/mol. The number of alkyl halides is 1. The lowest BCUT2D eigenvalue weighted by Crippen LogP contribution is -3.11. The lowest BCUT2D eigenvalue weighted by Gasteiger charge is -2.17. The standard InChI is InChI=1S/C15H19Cl2N3O4S/c1-20(6-14(21)18-12-5-3-2-4-10(12)16)7-15(22)19-13-9-25(23,24)8-11(13)17/h2-5,11,13H,6-9H2,1H3,(H,18,21)(H,19,22)/p+1/t11-,13-/m0/s1. The second kappa shape index (κ2) is 8.35. The Morgan fingerprint density at radius 1 is 1.20 bits per heavy atom. The number of benzene rings is 1. The van der Waals surface area contributed by atoms with Gasteiger partial charge in [-0.05, 0) is 12.1 Å². The molecule has 3 atom stereocenters. The topological polar surface area (TPSA) is 96.8 Å². The first-order valence-corrected chi connectivity index (χ1v) is 10.3. The number of rotatable bonds is 6. The molecule has 1 saturated heterocycles. The Kier molecular flexibility index (Phi) is 6.67. The molecule has 2 rings (SSSR count). The summed E-state index contributed by atoms with van der Waals surface area (Å²) in [6.07, 6.45) is 0. The van der Waals surface area contributed by atoms with Crippen LogP contribution in [0.25, 0.3) is 0 Å². The van der Waals surface area contributed by atoms with E-state index in [2.05, 4.69) is 10.6 Å². The van der Waals surface area contributed by atoms with Gasteiger partial charge in [-0.1, -0.05) is 23.7 Å². The maximum atomic E-state index is 12.0. The van der Waals surface area contributed by atoms with Crippen LogP contribution in [0.5, 0.6) is 0 Å². The van der Waals surface area contributed by atoms with E-state index in [1.807, 2.05) is 0 Å². The van der Waals surface area contributed by atoms with Gasteiger partial charge in [-0.25, -0.2) is 8.42 Å². The highest BCUT2D eigenvalue weighted by Crippen LogP contribution is 2.20. The molecule has 1 aliphatic rings. The monoisotopic (exact) mass is 408 g/mol. The fraction of sp³-hybridized carbons (Fsp3) is 0.467. The fourth-order valence-corrected chi connectivity index (χ4v) is 5.30. The molecular formula is C15H20Cl2N3O4S+. The van der Waals surface area contributed by atoms with Gasteiger partial charge in [0.1, 0.15) is 0 Å². The normalized spacial score (nSPS) is 23.0. The Labute approximate surface area is 156 Å². The number of carbonyl (C=O) groups excluding carboxylic acids is 2. The summed E-state index contributed by atoms with van der Waals surface area (Å²) >= 11 is 11.9. The number of nitrogens with one attached hydrogen (secondary N) is 3. The van der Waals surface area contributed by atoms with Crippen LogP contribution < -0.4 is 15.5 Å². The number of amides is 2. The van der Waals surface area contributed by atoms with E-state index in [1.54, 1.807) is 31.3 Å². The van der Waals surface area contributed by atoms with Crippen molar-refractivity contribution in [3.63, 3.8) is 0 Å². The number of hydrogen-bond acceptors (Lipinski definition) is 4. The maximum absolute atomic E-state index is 12.0.